The second-order valence-electron chi connectivity index (χ2n) is 4.53. The fourth-order valence-corrected chi connectivity index (χ4v) is 2.49. The van der Waals surface area contributed by atoms with Crippen molar-refractivity contribution in [2.45, 2.75) is 19.4 Å². The minimum atomic E-state index is 0.329. The molecule has 1 aliphatic carbocycles. The number of hydrogen-bond acceptors (Lipinski definition) is 2. The van der Waals surface area contributed by atoms with E-state index in [1.165, 1.54) is 12.0 Å². The van der Waals surface area contributed by atoms with Gasteiger partial charge in [-0.3, -0.25) is 0 Å². The molecule has 2 aliphatic rings. The Hall–Kier alpha value is -1.31. The Morgan fingerprint density at radius 1 is 1.36 bits per heavy atom. The maximum atomic E-state index is 4.10. The van der Waals surface area contributed by atoms with E-state index in [1.54, 1.807) is 0 Å². The Balaban J connectivity index is 1.74. The normalized spacial score (nSPS) is 37.8. The molecule has 1 fully saturated rings. The van der Waals surface area contributed by atoms with Gasteiger partial charge in [-0.25, -0.2) is 0 Å². The number of hydrogen-bond donors (Lipinski definition) is 1. The first-order valence-corrected chi connectivity index (χ1v) is 5.14. The van der Waals surface area contributed by atoms with Crippen molar-refractivity contribution >= 4 is 6.21 Å². The highest BCUT2D eigenvalue weighted by molar-refractivity contribution is 5.74. The Kier molecular flexibility index (Phi) is 1.49. The molecule has 0 amide bonds. The number of nitrogens with one attached hydrogen (secondary N) is 1. The van der Waals surface area contributed by atoms with Crippen LogP contribution in [0.4, 0.5) is 0 Å². The van der Waals surface area contributed by atoms with Crippen LogP contribution in [0.3, 0.4) is 0 Å². The zero-order valence-electron chi connectivity index (χ0n) is 8.27. The first kappa shape index (κ1) is 8.04. The molecule has 0 spiro atoms. The quantitative estimate of drug-likeness (QED) is 0.748. The van der Waals surface area contributed by atoms with Gasteiger partial charge in [0.1, 0.15) is 0 Å². The van der Waals surface area contributed by atoms with E-state index >= 15 is 0 Å². The van der Waals surface area contributed by atoms with Crippen LogP contribution in [-0.4, -0.2) is 12.3 Å². The standard InChI is InChI=1S/C12H14N2/c1-12-8-13-14-11(12)10(12)7-9-5-3-2-4-6-9/h2-6,8,10-11,14H,7H2,1H3/t10-,11?,12?/m0/s1. The van der Waals surface area contributed by atoms with E-state index in [-0.39, 0.29) is 0 Å². The summed E-state index contributed by atoms with van der Waals surface area (Å²) in [6.07, 6.45) is 3.24. The molecule has 0 radical (unpaired) electrons. The van der Waals surface area contributed by atoms with Gasteiger partial charge in [-0.05, 0) is 17.9 Å². The van der Waals surface area contributed by atoms with Crippen LogP contribution >= 0.6 is 0 Å². The van der Waals surface area contributed by atoms with Crippen LogP contribution in [0.5, 0.6) is 0 Å². The predicted octanol–water partition coefficient (Wildman–Crippen LogP) is 1.82. The molecule has 2 nitrogen and oxygen atoms in total. The summed E-state index contributed by atoms with van der Waals surface area (Å²) in [4.78, 5) is 0. The van der Waals surface area contributed by atoms with Crippen molar-refractivity contribution in [2.24, 2.45) is 16.4 Å². The smallest absolute Gasteiger partial charge is 0.0588 e. The third kappa shape index (κ3) is 0.999. The van der Waals surface area contributed by atoms with Crippen LogP contribution in [-0.2, 0) is 6.42 Å². The molecular weight excluding hydrogens is 172 g/mol. The molecule has 0 aromatic heterocycles. The predicted molar refractivity (Wildman–Crippen MR) is 57.2 cm³/mol. The zero-order chi connectivity index (χ0) is 9.60. The third-order valence-corrected chi connectivity index (χ3v) is 3.62. The van der Waals surface area contributed by atoms with Crippen LogP contribution in [0.1, 0.15) is 12.5 Å². The van der Waals surface area contributed by atoms with E-state index in [0.29, 0.717) is 11.5 Å². The van der Waals surface area contributed by atoms with Crippen molar-refractivity contribution in [3.05, 3.63) is 35.9 Å². The Bertz CT molecular complexity index is 371. The zero-order valence-corrected chi connectivity index (χ0v) is 8.27. The van der Waals surface area contributed by atoms with Crippen molar-refractivity contribution in [3.8, 4) is 0 Å². The topological polar surface area (TPSA) is 24.4 Å². The van der Waals surface area contributed by atoms with Gasteiger partial charge in [0.05, 0.1) is 6.04 Å². The van der Waals surface area contributed by atoms with E-state index in [4.69, 9.17) is 0 Å². The SMILES string of the molecule is CC12C=NNC1[C@@H]2Cc1ccccc1. The van der Waals surface area contributed by atoms with Gasteiger partial charge >= 0.3 is 0 Å². The molecular formula is C12H14N2. The van der Waals surface area contributed by atoms with Gasteiger partial charge in [0.15, 0.2) is 0 Å². The summed E-state index contributed by atoms with van der Waals surface area (Å²) < 4.78 is 0. The maximum absolute atomic E-state index is 4.10. The first-order chi connectivity index (χ1) is 6.81. The molecule has 72 valence electrons. The van der Waals surface area contributed by atoms with Crippen LogP contribution in [0.15, 0.2) is 35.4 Å². The summed E-state index contributed by atoms with van der Waals surface area (Å²) in [6.45, 7) is 2.29. The second-order valence-corrected chi connectivity index (χ2v) is 4.53. The van der Waals surface area contributed by atoms with Gasteiger partial charge in [0.2, 0.25) is 0 Å². The maximum Gasteiger partial charge on any atom is 0.0588 e. The van der Waals surface area contributed by atoms with Gasteiger partial charge in [-0.15, -0.1) is 0 Å². The summed E-state index contributed by atoms with van der Waals surface area (Å²) in [7, 11) is 0. The highest BCUT2D eigenvalue weighted by Crippen LogP contribution is 2.54. The number of hydrazone groups is 1. The van der Waals surface area contributed by atoms with E-state index in [1.807, 2.05) is 0 Å². The fraction of sp³-hybridized carbons (Fsp3) is 0.417. The lowest BCUT2D eigenvalue weighted by Crippen LogP contribution is -2.09. The molecule has 1 aromatic rings. The van der Waals surface area contributed by atoms with Crippen molar-refractivity contribution < 1.29 is 0 Å². The molecule has 1 aliphatic heterocycles. The molecule has 1 aromatic carbocycles. The van der Waals surface area contributed by atoms with E-state index in [9.17, 15) is 0 Å². The fourth-order valence-electron chi connectivity index (χ4n) is 2.49. The molecule has 1 N–H and O–H groups in total. The van der Waals surface area contributed by atoms with Gasteiger partial charge in [-0.1, -0.05) is 37.3 Å². The van der Waals surface area contributed by atoms with E-state index in [2.05, 4.69) is 54.0 Å². The van der Waals surface area contributed by atoms with Gasteiger partial charge in [0.25, 0.3) is 0 Å². The Labute approximate surface area is 84.0 Å². The van der Waals surface area contributed by atoms with E-state index in [0.717, 1.165) is 5.92 Å². The lowest BCUT2D eigenvalue weighted by molar-refractivity contribution is 0.654. The van der Waals surface area contributed by atoms with Gasteiger partial charge in [0, 0.05) is 11.6 Å². The Morgan fingerprint density at radius 3 is 2.79 bits per heavy atom. The highest BCUT2D eigenvalue weighted by atomic mass is 15.4. The van der Waals surface area contributed by atoms with Crippen LogP contribution in [0.2, 0.25) is 0 Å². The molecule has 14 heavy (non-hydrogen) atoms. The summed E-state index contributed by atoms with van der Waals surface area (Å²) in [5, 5.41) is 4.10. The summed E-state index contributed by atoms with van der Waals surface area (Å²) >= 11 is 0. The van der Waals surface area contributed by atoms with Crippen molar-refractivity contribution in [1.29, 1.82) is 0 Å². The minimum Gasteiger partial charge on any atom is -0.306 e. The number of benzene rings is 1. The number of rotatable bonds is 2. The minimum absolute atomic E-state index is 0.329. The molecule has 0 saturated heterocycles. The van der Waals surface area contributed by atoms with Crippen LogP contribution in [0, 0.1) is 11.3 Å². The molecule has 1 saturated carbocycles. The monoisotopic (exact) mass is 186 g/mol. The van der Waals surface area contributed by atoms with Crippen molar-refractivity contribution in [1.82, 2.24) is 5.43 Å². The average molecular weight is 186 g/mol. The summed E-state index contributed by atoms with van der Waals surface area (Å²) in [5.41, 5.74) is 4.94. The van der Waals surface area contributed by atoms with Crippen LogP contribution < -0.4 is 5.43 Å². The van der Waals surface area contributed by atoms with Gasteiger partial charge < -0.3 is 5.43 Å². The lowest BCUT2D eigenvalue weighted by atomic mass is 10.0. The molecule has 3 atom stereocenters. The van der Waals surface area contributed by atoms with Crippen molar-refractivity contribution in [2.75, 3.05) is 0 Å². The Morgan fingerprint density at radius 2 is 2.14 bits per heavy atom. The second kappa shape index (κ2) is 2.59. The summed E-state index contributed by atoms with van der Waals surface area (Å²) in [6, 6.07) is 11.3. The van der Waals surface area contributed by atoms with Gasteiger partial charge in [-0.2, -0.15) is 5.10 Å². The van der Waals surface area contributed by atoms with Crippen molar-refractivity contribution in [3.63, 3.8) is 0 Å². The number of fused-ring (bicyclic) bond motifs is 1. The molecule has 3 rings (SSSR count). The molecule has 0 bridgehead atoms. The highest BCUT2D eigenvalue weighted by Gasteiger charge is 2.62. The molecule has 2 heteroatoms. The van der Waals surface area contributed by atoms with E-state index < -0.39 is 0 Å². The van der Waals surface area contributed by atoms with Crippen LogP contribution in [0.25, 0.3) is 0 Å². The first-order valence-electron chi connectivity index (χ1n) is 5.14. The average Bonchev–Trinajstić information content (AvgIpc) is 2.59. The summed E-state index contributed by atoms with van der Waals surface area (Å²) in [5.74, 6) is 0.738. The largest absolute Gasteiger partial charge is 0.306 e. The lowest BCUT2D eigenvalue weighted by Gasteiger charge is -2.03. The number of nitrogens with zero attached hydrogens (tertiary/aromatic N) is 1. The molecule has 2 unspecified atom stereocenters. The molecule has 1 heterocycles. The third-order valence-electron chi connectivity index (χ3n) is 3.62.